The summed E-state index contributed by atoms with van der Waals surface area (Å²) in [6, 6.07) is 1.48. The van der Waals surface area contributed by atoms with Gasteiger partial charge in [-0.2, -0.15) is 0 Å². The first-order valence-electron chi connectivity index (χ1n) is 6.53. The zero-order chi connectivity index (χ0) is 14.5. The predicted molar refractivity (Wildman–Crippen MR) is 75.5 cm³/mol. The van der Waals surface area contributed by atoms with Crippen molar-refractivity contribution in [3.63, 3.8) is 0 Å². The maximum absolute atomic E-state index is 12.3. The van der Waals surface area contributed by atoms with E-state index in [0.29, 0.717) is 11.5 Å². The second-order valence-corrected chi connectivity index (χ2v) is 4.46. The number of amides is 1. The van der Waals surface area contributed by atoms with E-state index in [2.05, 4.69) is 20.6 Å². The molecule has 0 aliphatic rings. The fraction of sp³-hybridized carbons (Fsp3) is 0.357. The highest BCUT2D eigenvalue weighted by Crippen LogP contribution is 2.16. The Balaban J connectivity index is 2.12. The van der Waals surface area contributed by atoms with Gasteiger partial charge in [0.25, 0.3) is 5.91 Å². The van der Waals surface area contributed by atoms with E-state index in [4.69, 9.17) is 4.42 Å². The van der Waals surface area contributed by atoms with E-state index < -0.39 is 0 Å². The summed E-state index contributed by atoms with van der Waals surface area (Å²) in [7, 11) is 0. The lowest BCUT2D eigenvalue weighted by atomic mass is 10.2. The summed E-state index contributed by atoms with van der Waals surface area (Å²) in [4.78, 5) is 20.4. The Morgan fingerprint density at radius 2 is 2.25 bits per heavy atom. The van der Waals surface area contributed by atoms with Crippen molar-refractivity contribution in [2.45, 2.75) is 26.8 Å². The Bertz CT molecular complexity index is 594. The van der Waals surface area contributed by atoms with Gasteiger partial charge in [0.15, 0.2) is 0 Å². The standard InChI is InChI=1S/C14H18N4O2/c1-4-16-12-5-6-15-8-11(12)13(19)18-10(3)14-17-7-9(2)20-14/h5-8,10H,4H2,1-3H3,(H,15,16)(H,18,19). The molecule has 0 saturated heterocycles. The van der Waals surface area contributed by atoms with Crippen molar-refractivity contribution >= 4 is 11.6 Å². The highest BCUT2D eigenvalue weighted by molar-refractivity contribution is 5.99. The van der Waals surface area contributed by atoms with Gasteiger partial charge in [-0.15, -0.1) is 0 Å². The summed E-state index contributed by atoms with van der Waals surface area (Å²) in [5.74, 6) is 0.998. The topological polar surface area (TPSA) is 80.0 Å². The first-order chi connectivity index (χ1) is 9.61. The van der Waals surface area contributed by atoms with Crippen molar-refractivity contribution in [3.8, 4) is 0 Å². The van der Waals surface area contributed by atoms with E-state index in [0.717, 1.165) is 18.0 Å². The van der Waals surface area contributed by atoms with Crippen LogP contribution in [-0.2, 0) is 0 Å². The normalized spacial score (nSPS) is 11.9. The average molecular weight is 274 g/mol. The van der Waals surface area contributed by atoms with Crippen LogP contribution in [0.5, 0.6) is 0 Å². The van der Waals surface area contributed by atoms with Crippen molar-refractivity contribution in [3.05, 3.63) is 41.9 Å². The third-order valence-electron chi connectivity index (χ3n) is 2.79. The lowest BCUT2D eigenvalue weighted by Crippen LogP contribution is -2.27. The highest BCUT2D eigenvalue weighted by Gasteiger charge is 2.17. The number of carbonyl (C=O) groups excluding carboxylic acids is 1. The third kappa shape index (κ3) is 3.14. The second kappa shape index (κ2) is 6.18. The van der Waals surface area contributed by atoms with Crippen LogP contribution in [-0.4, -0.2) is 22.4 Å². The molecular weight excluding hydrogens is 256 g/mol. The number of aromatic nitrogens is 2. The molecule has 2 heterocycles. The monoisotopic (exact) mass is 274 g/mol. The van der Waals surface area contributed by atoms with Gasteiger partial charge in [0, 0.05) is 18.9 Å². The molecule has 0 fully saturated rings. The van der Waals surface area contributed by atoms with Crippen molar-refractivity contribution in [1.29, 1.82) is 0 Å². The molecule has 0 saturated carbocycles. The number of nitrogens with one attached hydrogen (secondary N) is 2. The summed E-state index contributed by atoms with van der Waals surface area (Å²) in [5, 5.41) is 5.98. The maximum Gasteiger partial charge on any atom is 0.255 e. The van der Waals surface area contributed by atoms with Gasteiger partial charge in [0.2, 0.25) is 5.89 Å². The summed E-state index contributed by atoms with van der Waals surface area (Å²) >= 11 is 0. The number of hydrogen-bond acceptors (Lipinski definition) is 5. The zero-order valence-electron chi connectivity index (χ0n) is 11.8. The molecule has 106 valence electrons. The van der Waals surface area contributed by atoms with E-state index in [1.165, 1.54) is 0 Å². The third-order valence-corrected chi connectivity index (χ3v) is 2.79. The first kappa shape index (κ1) is 14.0. The quantitative estimate of drug-likeness (QED) is 0.874. The Labute approximate surface area is 117 Å². The number of carbonyl (C=O) groups is 1. The van der Waals surface area contributed by atoms with Gasteiger partial charge >= 0.3 is 0 Å². The van der Waals surface area contributed by atoms with Crippen LogP contribution in [0.25, 0.3) is 0 Å². The second-order valence-electron chi connectivity index (χ2n) is 4.46. The van der Waals surface area contributed by atoms with Crippen LogP contribution in [0.1, 0.15) is 41.9 Å². The van der Waals surface area contributed by atoms with Crippen LogP contribution in [0.3, 0.4) is 0 Å². The van der Waals surface area contributed by atoms with Crippen molar-refractivity contribution in [1.82, 2.24) is 15.3 Å². The van der Waals surface area contributed by atoms with Gasteiger partial charge in [-0.1, -0.05) is 0 Å². The fourth-order valence-electron chi connectivity index (χ4n) is 1.83. The number of aryl methyl sites for hydroxylation is 1. The van der Waals surface area contributed by atoms with E-state index in [9.17, 15) is 4.79 Å². The lowest BCUT2D eigenvalue weighted by molar-refractivity contribution is 0.0934. The SMILES string of the molecule is CCNc1ccncc1C(=O)NC(C)c1ncc(C)o1. The molecule has 2 rings (SSSR count). The summed E-state index contributed by atoms with van der Waals surface area (Å²) < 4.78 is 5.40. The van der Waals surface area contributed by atoms with E-state index in [-0.39, 0.29) is 11.9 Å². The molecule has 0 spiro atoms. The molecule has 1 unspecified atom stereocenters. The Hall–Kier alpha value is -2.37. The predicted octanol–water partition coefficient (Wildman–Crippen LogP) is 2.30. The Morgan fingerprint density at radius 3 is 2.90 bits per heavy atom. The van der Waals surface area contributed by atoms with Gasteiger partial charge < -0.3 is 15.1 Å². The largest absolute Gasteiger partial charge is 0.444 e. The first-order valence-corrected chi connectivity index (χ1v) is 6.53. The van der Waals surface area contributed by atoms with Gasteiger partial charge in [-0.3, -0.25) is 9.78 Å². The van der Waals surface area contributed by atoms with Crippen molar-refractivity contribution in [2.75, 3.05) is 11.9 Å². The number of anilines is 1. The van der Waals surface area contributed by atoms with Crippen LogP contribution in [0.4, 0.5) is 5.69 Å². The molecule has 1 atom stereocenters. The molecule has 2 aromatic rings. The fourth-order valence-corrected chi connectivity index (χ4v) is 1.83. The molecule has 1 amide bonds. The number of pyridine rings is 1. The smallest absolute Gasteiger partial charge is 0.255 e. The average Bonchev–Trinajstić information content (AvgIpc) is 2.86. The van der Waals surface area contributed by atoms with E-state index in [1.807, 2.05) is 20.8 Å². The van der Waals surface area contributed by atoms with Crippen LogP contribution >= 0.6 is 0 Å². The molecule has 2 N–H and O–H groups in total. The summed E-state index contributed by atoms with van der Waals surface area (Å²) in [6.07, 6.45) is 4.82. The molecule has 0 radical (unpaired) electrons. The summed E-state index contributed by atoms with van der Waals surface area (Å²) in [6.45, 7) is 6.35. The van der Waals surface area contributed by atoms with Crippen LogP contribution in [0, 0.1) is 6.92 Å². The van der Waals surface area contributed by atoms with Crippen molar-refractivity contribution < 1.29 is 9.21 Å². The minimum Gasteiger partial charge on any atom is -0.444 e. The number of oxazole rings is 1. The Morgan fingerprint density at radius 1 is 1.45 bits per heavy atom. The van der Waals surface area contributed by atoms with Crippen molar-refractivity contribution in [2.24, 2.45) is 0 Å². The molecule has 0 aliphatic carbocycles. The van der Waals surface area contributed by atoms with E-state index in [1.54, 1.807) is 24.7 Å². The van der Waals surface area contributed by atoms with Gasteiger partial charge in [0.1, 0.15) is 11.8 Å². The van der Waals surface area contributed by atoms with E-state index >= 15 is 0 Å². The van der Waals surface area contributed by atoms with Gasteiger partial charge in [-0.05, 0) is 26.8 Å². The zero-order valence-corrected chi connectivity index (χ0v) is 11.8. The minimum atomic E-state index is -0.300. The van der Waals surface area contributed by atoms with Crippen LogP contribution < -0.4 is 10.6 Å². The minimum absolute atomic E-state index is 0.211. The summed E-state index contributed by atoms with van der Waals surface area (Å²) in [5.41, 5.74) is 1.26. The van der Waals surface area contributed by atoms with Gasteiger partial charge in [-0.25, -0.2) is 4.98 Å². The number of hydrogen-bond donors (Lipinski definition) is 2. The highest BCUT2D eigenvalue weighted by atomic mass is 16.4. The molecule has 0 aliphatic heterocycles. The number of nitrogens with zero attached hydrogens (tertiary/aromatic N) is 2. The Kier molecular flexibility index (Phi) is 4.34. The number of rotatable bonds is 5. The lowest BCUT2D eigenvalue weighted by Gasteiger charge is -2.13. The molecule has 2 aromatic heterocycles. The molecule has 0 bridgehead atoms. The maximum atomic E-state index is 12.3. The molecule has 6 nitrogen and oxygen atoms in total. The van der Waals surface area contributed by atoms with Crippen LogP contribution in [0.2, 0.25) is 0 Å². The molecule has 6 heteroatoms. The molecular formula is C14H18N4O2. The molecule has 20 heavy (non-hydrogen) atoms. The van der Waals surface area contributed by atoms with Gasteiger partial charge in [0.05, 0.1) is 17.4 Å². The molecule has 0 aromatic carbocycles. The van der Waals surface area contributed by atoms with Crippen LogP contribution in [0.15, 0.2) is 29.1 Å².